The molecule has 0 heterocycles. The van der Waals surface area contributed by atoms with Crippen LogP contribution < -0.4 is 5.32 Å². The number of rotatable bonds is 7. The van der Waals surface area contributed by atoms with E-state index in [0.29, 0.717) is 32.0 Å². The molecular formula is C12H22N2O2. The van der Waals surface area contributed by atoms with E-state index in [0.717, 1.165) is 0 Å². The van der Waals surface area contributed by atoms with Gasteiger partial charge < -0.3 is 10.2 Å². The van der Waals surface area contributed by atoms with Gasteiger partial charge in [0.05, 0.1) is 0 Å². The molecule has 0 unspecified atom stereocenters. The van der Waals surface area contributed by atoms with E-state index >= 15 is 0 Å². The van der Waals surface area contributed by atoms with Crippen LogP contribution in [0.15, 0.2) is 12.7 Å². The van der Waals surface area contributed by atoms with E-state index < -0.39 is 0 Å². The molecule has 4 heteroatoms. The first-order valence-electron chi connectivity index (χ1n) is 5.60. The minimum atomic E-state index is -0.0310. The second kappa shape index (κ2) is 7.91. The van der Waals surface area contributed by atoms with E-state index in [2.05, 4.69) is 11.9 Å². The smallest absolute Gasteiger partial charge is 0.221 e. The molecule has 0 spiro atoms. The molecule has 0 radical (unpaired) electrons. The molecule has 0 saturated carbocycles. The Morgan fingerprint density at radius 3 is 2.50 bits per heavy atom. The minimum Gasteiger partial charge on any atom is -0.356 e. The van der Waals surface area contributed by atoms with Gasteiger partial charge in [0.25, 0.3) is 0 Å². The molecule has 0 saturated heterocycles. The van der Waals surface area contributed by atoms with E-state index in [-0.39, 0.29) is 11.8 Å². The lowest BCUT2D eigenvalue weighted by atomic mass is 10.2. The van der Waals surface area contributed by atoms with E-state index in [1.165, 1.54) is 6.92 Å². The van der Waals surface area contributed by atoms with E-state index in [1.54, 1.807) is 11.0 Å². The molecule has 1 N–H and O–H groups in total. The summed E-state index contributed by atoms with van der Waals surface area (Å²) in [5.74, 6) is 0.404. The standard InChI is InChI=1S/C12H22N2O2/c1-5-7-14(11(4)15)8-6-12(16)13-9-10(2)3/h5,10H,1,6-9H2,2-4H3,(H,13,16). The topological polar surface area (TPSA) is 49.4 Å². The van der Waals surface area contributed by atoms with Crippen molar-refractivity contribution >= 4 is 11.8 Å². The van der Waals surface area contributed by atoms with Crippen LogP contribution in [0.4, 0.5) is 0 Å². The molecule has 92 valence electrons. The summed E-state index contributed by atoms with van der Waals surface area (Å²) >= 11 is 0. The van der Waals surface area contributed by atoms with Gasteiger partial charge in [-0.05, 0) is 5.92 Å². The zero-order valence-corrected chi connectivity index (χ0v) is 10.5. The predicted octanol–water partition coefficient (Wildman–Crippen LogP) is 1.18. The van der Waals surface area contributed by atoms with Gasteiger partial charge in [-0.3, -0.25) is 9.59 Å². The SMILES string of the molecule is C=CCN(CCC(=O)NCC(C)C)C(C)=O. The minimum absolute atomic E-state index is 0.0102. The van der Waals surface area contributed by atoms with Crippen LogP contribution in [-0.2, 0) is 9.59 Å². The number of nitrogens with zero attached hydrogens (tertiary/aromatic N) is 1. The van der Waals surface area contributed by atoms with Gasteiger partial charge in [0.2, 0.25) is 11.8 Å². The molecule has 0 aliphatic rings. The van der Waals surface area contributed by atoms with Crippen LogP contribution >= 0.6 is 0 Å². The fourth-order valence-electron chi connectivity index (χ4n) is 1.18. The zero-order chi connectivity index (χ0) is 12.6. The fraction of sp³-hybridized carbons (Fsp3) is 0.667. The van der Waals surface area contributed by atoms with Gasteiger partial charge in [-0.2, -0.15) is 0 Å². The Morgan fingerprint density at radius 1 is 1.44 bits per heavy atom. The summed E-state index contributed by atoms with van der Waals surface area (Å²) in [6.07, 6.45) is 2.01. The van der Waals surface area contributed by atoms with Crippen LogP contribution in [-0.4, -0.2) is 36.3 Å². The Bertz CT molecular complexity index is 249. The summed E-state index contributed by atoms with van der Waals surface area (Å²) in [7, 11) is 0. The maximum Gasteiger partial charge on any atom is 0.221 e. The van der Waals surface area contributed by atoms with Crippen LogP contribution in [0.3, 0.4) is 0 Å². The molecule has 0 rings (SSSR count). The van der Waals surface area contributed by atoms with Gasteiger partial charge in [0.15, 0.2) is 0 Å². The Hall–Kier alpha value is -1.32. The molecule has 0 fully saturated rings. The van der Waals surface area contributed by atoms with E-state index in [9.17, 15) is 9.59 Å². The maximum atomic E-state index is 11.4. The van der Waals surface area contributed by atoms with Crippen LogP contribution in [0, 0.1) is 5.92 Å². The second-order valence-electron chi connectivity index (χ2n) is 4.20. The second-order valence-corrected chi connectivity index (χ2v) is 4.20. The van der Waals surface area contributed by atoms with Gasteiger partial charge in [0, 0.05) is 33.0 Å². The first-order chi connectivity index (χ1) is 7.47. The lowest BCUT2D eigenvalue weighted by molar-refractivity contribution is -0.129. The number of carbonyl (C=O) groups is 2. The molecule has 0 aliphatic heterocycles. The molecule has 4 nitrogen and oxygen atoms in total. The van der Waals surface area contributed by atoms with Crippen molar-refractivity contribution in [3.8, 4) is 0 Å². The summed E-state index contributed by atoms with van der Waals surface area (Å²) in [6.45, 7) is 10.8. The van der Waals surface area contributed by atoms with Crippen molar-refractivity contribution in [2.75, 3.05) is 19.6 Å². The normalized spacial score (nSPS) is 10.0. The number of hydrogen-bond acceptors (Lipinski definition) is 2. The molecule has 0 aromatic rings. The molecule has 16 heavy (non-hydrogen) atoms. The first-order valence-corrected chi connectivity index (χ1v) is 5.60. The van der Waals surface area contributed by atoms with Gasteiger partial charge in [-0.25, -0.2) is 0 Å². The number of carbonyl (C=O) groups excluding carboxylic acids is 2. The van der Waals surface area contributed by atoms with Crippen molar-refractivity contribution in [3.63, 3.8) is 0 Å². The summed E-state index contributed by atoms with van der Waals surface area (Å²) < 4.78 is 0. The number of hydrogen-bond donors (Lipinski definition) is 1. The summed E-state index contributed by atoms with van der Waals surface area (Å²) in [4.78, 5) is 24.2. The Labute approximate surface area is 97.7 Å². The molecule has 0 aromatic heterocycles. The van der Waals surface area contributed by atoms with Gasteiger partial charge in [0.1, 0.15) is 0 Å². The van der Waals surface area contributed by atoms with Crippen molar-refractivity contribution < 1.29 is 9.59 Å². The highest BCUT2D eigenvalue weighted by Crippen LogP contribution is 1.94. The van der Waals surface area contributed by atoms with Gasteiger partial charge >= 0.3 is 0 Å². The largest absolute Gasteiger partial charge is 0.356 e. The molecule has 2 amide bonds. The van der Waals surface area contributed by atoms with Crippen molar-refractivity contribution in [1.82, 2.24) is 10.2 Å². The van der Waals surface area contributed by atoms with Crippen molar-refractivity contribution in [1.29, 1.82) is 0 Å². The van der Waals surface area contributed by atoms with E-state index in [4.69, 9.17) is 0 Å². The summed E-state index contributed by atoms with van der Waals surface area (Å²) in [5, 5.41) is 2.82. The fourth-order valence-corrected chi connectivity index (χ4v) is 1.18. The highest BCUT2D eigenvalue weighted by molar-refractivity contribution is 5.78. The Morgan fingerprint density at radius 2 is 2.06 bits per heavy atom. The summed E-state index contributed by atoms with van der Waals surface area (Å²) in [5.41, 5.74) is 0. The maximum absolute atomic E-state index is 11.4. The van der Waals surface area contributed by atoms with Crippen LogP contribution in [0.1, 0.15) is 27.2 Å². The quantitative estimate of drug-likeness (QED) is 0.663. The number of nitrogens with one attached hydrogen (secondary N) is 1. The number of amides is 2. The predicted molar refractivity (Wildman–Crippen MR) is 64.9 cm³/mol. The highest BCUT2D eigenvalue weighted by atomic mass is 16.2. The molecular weight excluding hydrogens is 204 g/mol. The van der Waals surface area contributed by atoms with Gasteiger partial charge in [-0.1, -0.05) is 19.9 Å². The Balaban J connectivity index is 3.87. The zero-order valence-electron chi connectivity index (χ0n) is 10.5. The van der Waals surface area contributed by atoms with Crippen LogP contribution in [0.25, 0.3) is 0 Å². The van der Waals surface area contributed by atoms with Crippen LogP contribution in [0.2, 0.25) is 0 Å². The van der Waals surface area contributed by atoms with E-state index in [1.807, 2.05) is 13.8 Å². The average molecular weight is 226 g/mol. The van der Waals surface area contributed by atoms with Crippen molar-refractivity contribution in [2.45, 2.75) is 27.2 Å². The van der Waals surface area contributed by atoms with Gasteiger partial charge in [-0.15, -0.1) is 6.58 Å². The van der Waals surface area contributed by atoms with Crippen LogP contribution in [0.5, 0.6) is 0 Å². The third-order valence-corrected chi connectivity index (χ3v) is 2.11. The third-order valence-electron chi connectivity index (χ3n) is 2.11. The molecule has 0 atom stereocenters. The van der Waals surface area contributed by atoms with Crippen molar-refractivity contribution in [3.05, 3.63) is 12.7 Å². The molecule has 0 aliphatic carbocycles. The molecule has 0 bridgehead atoms. The highest BCUT2D eigenvalue weighted by Gasteiger charge is 2.09. The lowest BCUT2D eigenvalue weighted by Crippen LogP contribution is -2.34. The summed E-state index contributed by atoms with van der Waals surface area (Å²) in [6, 6.07) is 0. The Kier molecular flexibility index (Phi) is 7.25. The monoisotopic (exact) mass is 226 g/mol. The third kappa shape index (κ3) is 7.04. The first kappa shape index (κ1) is 14.7. The van der Waals surface area contributed by atoms with Crippen molar-refractivity contribution in [2.24, 2.45) is 5.92 Å². The molecule has 0 aromatic carbocycles. The average Bonchev–Trinajstić information content (AvgIpc) is 2.20. The lowest BCUT2D eigenvalue weighted by Gasteiger charge is -2.18.